The fourth-order valence-corrected chi connectivity index (χ4v) is 3.76. The van der Waals surface area contributed by atoms with E-state index in [9.17, 15) is 9.18 Å². The predicted octanol–water partition coefficient (Wildman–Crippen LogP) is 6.71. The van der Waals surface area contributed by atoms with Gasteiger partial charge in [0.25, 0.3) is 5.91 Å². The van der Waals surface area contributed by atoms with E-state index in [0.29, 0.717) is 27.6 Å². The molecule has 0 fully saturated rings. The summed E-state index contributed by atoms with van der Waals surface area (Å²) in [6, 6.07) is 15.0. The second kappa shape index (κ2) is 9.73. The quantitative estimate of drug-likeness (QED) is 0.293. The van der Waals surface area contributed by atoms with Crippen LogP contribution in [-0.2, 0) is 11.2 Å². The lowest BCUT2D eigenvalue weighted by atomic mass is 10.0. The maximum Gasteiger partial charge on any atom is 0.400 e. The summed E-state index contributed by atoms with van der Waals surface area (Å²) in [5.74, 6) is 0.135. The van der Waals surface area contributed by atoms with Crippen molar-refractivity contribution in [3.8, 4) is 17.6 Å². The van der Waals surface area contributed by atoms with E-state index in [1.165, 1.54) is 11.0 Å². The number of aromatic nitrogens is 1. The second-order valence-corrected chi connectivity index (χ2v) is 8.34. The summed E-state index contributed by atoms with van der Waals surface area (Å²) in [6.45, 7) is 5.47. The van der Waals surface area contributed by atoms with Gasteiger partial charge in [0, 0.05) is 18.1 Å². The molecule has 0 bridgehead atoms. The van der Waals surface area contributed by atoms with E-state index in [1.54, 1.807) is 62.5 Å². The van der Waals surface area contributed by atoms with Gasteiger partial charge in [-0.3, -0.25) is 4.79 Å². The molecule has 0 saturated carbocycles. The molecule has 0 saturated heterocycles. The first-order valence-electron chi connectivity index (χ1n) is 10.8. The molecule has 0 aliphatic heterocycles. The lowest BCUT2D eigenvalue weighted by Crippen LogP contribution is -2.38. The van der Waals surface area contributed by atoms with Gasteiger partial charge in [0.15, 0.2) is 11.7 Å². The number of likely N-dealkylation sites (N-methyl/N-ethyl adjacent to an activating group) is 1. The Morgan fingerprint density at radius 1 is 1.15 bits per heavy atom. The van der Waals surface area contributed by atoms with Crippen molar-refractivity contribution in [2.24, 2.45) is 0 Å². The van der Waals surface area contributed by atoms with E-state index in [1.807, 2.05) is 13.8 Å². The smallest absolute Gasteiger partial charge is 0.400 e. The molecular weight excluding hydrogens is 459 g/mol. The minimum Gasteiger partial charge on any atom is -0.481 e. The molecule has 34 heavy (non-hydrogen) atoms. The number of anilines is 1. The number of fused-ring (bicyclic) bond motifs is 1. The van der Waals surface area contributed by atoms with Gasteiger partial charge < -0.3 is 18.8 Å². The van der Waals surface area contributed by atoms with Crippen molar-refractivity contribution < 1.29 is 23.1 Å². The molecule has 0 radical (unpaired) electrons. The summed E-state index contributed by atoms with van der Waals surface area (Å²) in [5, 5.41) is 0.543. The van der Waals surface area contributed by atoms with Gasteiger partial charge in [0.05, 0.1) is 5.69 Å². The number of halogens is 2. The molecule has 1 aromatic heterocycles. The average Bonchev–Trinajstić information content (AvgIpc) is 3.20. The van der Waals surface area contributed by atoms with Crippen LogP contribution >= 0.6 is 11.6 Å². The monoisotopic (exact) mass is 482 g/mol. The molecule has 0 aliphatic carbocycles. The second-order valence-electron chi connectivity index (χ2n) is 7.91. The number of aryl methyl sites for hydroxylation is 2. The summed E-state index contributed by atoms with van der Waals surface area (Å²) in [4.78, 5) is 18.4. The van der Waals surface area contributed by atoms with Gasteiger partial charge in [-0.1, -0.05) is 18.5 Å². The summed E-state index contributed by atoms with van der Waals surface area (Å²) in [7, 11) is 1.54. The van der Waals surface area contributed by atoms with Crippen molar-refractivity contribution in [3.05, 3.63) is 76.6 Å². The third kappa shape index (κ3) is 4.99. The lowest BCUT2D eigenvalue weighted by Gasteiger charge is -2.23. The Balaban J connectivity index is 1.41. The van der Waals surface area contributed by atoms with Crippen LogP contribution in [0, 0.1) is 12.7 Å². The summed E-state index contributed by atoms with van der Waals surface area (Å²) in [6.07, 6.45) is 0.00542. The van der Waals surface area contributed by atoms with Crippen LogP contribution in [0.1, 0.15) is 25.0 Å². The Bertz CT molecular complexity index is 1340. The molecule has 4 rings (SSSR count). The highest BCUT2D eigenvalue weighted by molar-refractivity contribution is 6.31. The van der Waals surface area contributed by atoms with E-state index >= 15 is 0 Å². The number of oxazole rings is 1. The molecule has 176 valence electrons. The van der Waals surface area contributed by atoms with Crippen molar-refractivity contribution in [1.29, 1.82) is 0 Å². The largest absolute Gasteiger partial charge is 0.481 e. The Morgan fingerprint density at radius 2 is 1.85 bits per heavy atom. The minimum atomic E-state index is -0.829. The first kappa shape index (κ1) is 23.6. The van der Waals surface area contributed by atoms with Crippen LogP contribution in [0.15, 0.2) is 59.0 Å². The fourth-order valence-electron chi connectivity index (χ4n) is 3.60. The minimum absolute atomic E-state index is 0.0858. The molecule has 1 unspecified atom stereocenters. The van der Waals surface area contributed by atoms with Crippen LogP contribution in [0.3, 0.4) is 0 Å². The zero-order valence-corrected chi connectivity index (χ0v) is 20.0. The highest BCUT2D eigenvalue weighted by atomic mass is 35.5. The number of ether oxygens (including phenoxy) is 2. The number of carbonyl (C=O) groups is 1. The molecule has 1 heterocycles. The van der Waals surface area contributed by atoms with E-state index in [-0.39, 0.29) is 17.7 Å². The fraction of sp³-hybridized carbons (Fsp3) is 0.231. The molecular formula is C26H24ClFN2O4. The third-order valence-electron chi connectivity index (χ3n) is 5.50. The molecule has 6 nitrogen and oxygen atoms in total. The van der Waals surface area contributed by atoms with Crippen molar-refractivity contribution in [3.63, 3.8) is 0 Å². The number of hydrogen-bond acceptors (Lipinski definition) is 5. The van der Waals surface area contributed by atoms with Gasteiger partial charge in [-0.25, -0.2) is 4.39 Å². The van der Waals surface area contributed by atoms with Crippen molar-refractivity contribution in [1.82, 2.24) is 4.98 Å². The number of benzene rings is 3. The normalized spacial score (nSPS) is 11.9. The number of nitrogens with zero attached hydrogens (tertiary/aromatic N) is 2. The molecule has 1 atom stereocenters. The number of hydrogen-bond donors (Lipinski definition) is 0. The van der Waals surface area contributed by atoms with Crippen LogP contribution < -0.4 is 14.4 Å². The summed E-state index contributed by atoms with van der Waals surface area (Å²) >= 11 is 5.96. The third-order valence-corrected chi connectivity index (χ3v) is 5.73. The first-order valence-corrected chi connectivity index (χ1v) is 11.2. The Labute approximate surface area is 201 Å². The lowest BCUT2D eigenvalue weighted by molar-refractivity contribution is -0.124. The highest BCUT2D eigenvalue weighted by Gasteiger charge is 2.23. The first-order chi connectivity index (χ1) is 16.2. The molecule has 4 aromatic rings. The highest BCUT2D eigenvalue weighted by Crippen LogP contribution is 2.29. The van der Waals surface area contributed by atoms with E-state index in [0.717, 1.165) is 17.5 Å². The van der Waals surface area contributed by atoms with E-state index < -0.39 is 11.9 Å². The van der Waals surface area contributed by atoms with E-state index in [2.05, 4.69) is 4.98 Å². The van der Waals surface area contributed by atoms with Crippen LogP contribution in [0.4, 0.5) is 10.1 Å². The average molecular weight is 483 g/mol. The SMILES string of the molecule is CCc1cc(N(C)C(=O)C(C)Oc2ccc(Oc3nc4ccc(Cl)cc4o3)cc2)c(F)cc1C. The zero-order chi connectivity index (χ0) is 24.4. The molecule has 3 aromatic carbocycles. The number of rotatable bonds is 7. The maximum atomic E-state index is 14.5. The van der Waals surface area contributed by atoms with Crippen molar-refractivity contribution in [2.75, 3.05) is 11.9 Å². The van der Waals surface area contributed by atoms with Crippen LogP contribution in [0.5, 0.6) is 17.6 Å². The van der Waals surface area contributed by atoms with Crippen molar-refractivity contribution in [2.45, 2.75) is 33.3 Å². The van der Waals surface area contributed by atoms with Crippen LogP contribution in [0.2, 0.25) is 5.02 Å². The standard InChI is InChI=1S/C26H24ClFN2O4/c1-5-17-13-23(21(28)12-15(17)2)30(4)25(31)16(3)32-19-7-9-20(10-8-19)33-26-29-22-11-6-18(27)14-24(22)34-26/h6-14,16H,5H2,1-4H3. The van der Waals surface area contributed by atoms with E-state index in [4.69, 9.17) is 25.5 Å². The Kier molecular flexibility index (Phi) is 6.75. The van der Waals surface area contributed by atoms with Gasteiger partial charge in [0.1, 0.15) is 22.8 Å². The molecule has 0 N–H and O–H groups in total. The maximum absolute atomic E-state index is 14.5. The molecule has 0 spiro atoms. The van der Waals surface area contributed by atoms with Gasteiger partial charge in [-0.15, -0.1) is 0 Å². The Morgan fingerprint density at radius 3 is 2.56 bits per heavy atom. The van der Waals surface area contributed by atoms with Crippen molar-refractivity contribution >= 4 is 34.3 Å². The predicted molar refractivity (Wildman–Crippen MR) is 130 cm³/mol. The number of carbonyl (C=O) groups excluding carboxylic acids is 1. The molecule has 0 aliphatic rings. The molecule has 8 heteroatoms. The topological polar surface area (TPSA) is 64.8 Å². The summed E-state index contributed by atoms with van der Waals surface area (Å²) in [5.41, 5.74) is 3.23. The van der Waals surface area contributed by atoms with Gasteiger partial charge in [0.2, 0.25) is 0 Å². The van der Waals surface area contributed by atoms with Crippen LogP contribution in [-0.4, -0.2) is 24.0 Å². The molecule has 1 amide bonds. The van der Waals surface area contributed by atoms with Gasteiger partial charge in [-0.05, 0) is 79.9 Å². The van der Waals surface area contributed by atoms with Gasteiger partial charge in [-0.2, -0.15) is 4.98 Å². The Hall–Kier alpha value is -3.58. The van der Waals surface area contributed by atoms with Crippen LogP contribution in [0.25, 0.3) is 11.1 Å². The zero-order valence-electron chi connectivity index (χ0n) is 19.3. The number of amides is 1. The van der Waals surface area contributed by atoms with Gasteiger partial charge >= 0.3 is 6.08 Å². The summed E-state index contributed by atoms with van der Waals surface area (Å²) < 4.78 is 31.5.